The van der Waals surface area contributed by atoms with Crippen molar-refractivity contribution in [3.63, 3.8) is 0 Å². The third-order valence-electron chi connectivity index (χ3n) is 4.52. The highest BCUT2D eigenvalue weighted by atomic mass is 19.1. The zero-order valence-electron chi connectivity index (χ0n) is 11.5. The zero-order chi connectivity index (χ0) is 13.3. The molecule has 3 rings (SSSR count). The van der Waals surface area contributed by atoms with Crippen LogP contribution in [0.1, 0.15) is 49.3 Å². The predicted octanol–water partition coefficient (Wildman–Crippen LogP) is 3.50. The van der Waals surface area contributed by atoms with Gasteiger partial charge in [-0.3, -0.25) is 0 Å². The molecule has 3 heteroatoms. The number of hydrogen-bond acceptors (Lipinski definition) is 2. The molecule has 2 aliphatic rings. The van der Waals surface area contributed by atoms with Crippen LogP contribution in [0, 0.1) is 12.7 Å². The summed E-state index contributed by atoms with van der Waals surface area (Å²) in [4.78, 5) is 0. The Balaban J connectivity index is 1.82. The first-order valence-electron chi connectivity index (χ1n) is 7.33. The van der Waals surface area contributed by atoms with E-state index in [1.165, 1.54) is 25.3 Å². The van der Waals surface area contributed by atoms with Gasteiger partial charge in [0.05, 0.1) is 11.7 Å². The number of nitrogens with one attached hydrogen (secondary N) is 1. The SMILES string of the molecule is Cc1ccc(F)cc1C1CNCC2(CCCCC2)O1. The third kappa shape index (κ3) is 2.67. The van der Waals surface area contributed by atoms with Crippen molar-refractivity contribution in [1.29, 1.82) is 0 Å². The molecule has 1 atom stereocenters. The van der Waals surface area contributed by atoms with E-state index in [0.29, 0.717) is 0 Å². The Morgan fingerprint density at radius 2 is 2.05 bits per heavy atom. The Bertz CT molecular complexity index is 449. The van der Waals surface area contributed by atoms with Crippen molar-refractivity contribution in [1.82, 2.24) is 5.32 Å². The maximum absolute atomic E-state index is 13.5. The van der Waals surface area contributed by atoms with Crippen LogP contribution < -0.4 is 5.32 Å². The largest absolute Gasteiger partial charge is 0.364 e. The highest BCUT2D eigenvalue weighted by Crippen LogP contribution is 2.38. The smallest absolute Gasteiger partial charge is 0.123 e. The summed E-state index contributed by atoms with van der Waals surface area (Å²) in [5, 5.41) is 3.49. The normalized spacial score (nSPS) is 26.5. The Hall–Kier alpha value is -0.930. The van der Waals surface area contributed by atoms with Crippen LogP contribution in [0.15, 0.2) is 18.2 Å². The highest BCUT2D eigenvalue weighted by molar-refractivity contribution is 5.29. The lowest BCUT2D eigenvalue weighted by Gasteiger charge is -2.44. The van der Waals surface area contributed by atoms with Crippen molar-refractivity contribution in [2.24, 2.45) is 0 Å². The van der Waals surface area contributed by atoms with Crippen LogP contribution in [-0.2, 0) is 4.74 Å². The molecular formula is C16H22FNO. The zero-order valence-corrected chi connectivity index (χ0v) is 11.5. The number of morpholine rings is 1. The first-order chi connectivity index (χ1) is 9.19. The van der Waals surface area contributed by atoms with E-state index in [1.807, 2.05) is 13.0 Å². The monoisotopic (exact) mass is 263 g/mol. The summed E-state index contributed by atoms with van der Waals surface area (Å²) in [6, 6.07) is 4.99. The summed E-state index contributed by atoms with van der Waals surface area (Å²) in [5.74, 6) is -0.174. The maximum atomic E-state index is 13.5. The van der Waals surface area contributed by atoms with E-state index in [1.54, 1.807) is 6.07 Å². The van der Waals surface area contributed by atoms with Crippen LogP contribution >= 0.6 is 0 Å². The van der Waals surface area contributed by atoms with Crippen LogP contribution in [-0.4, -0.2) is 18.7 Å². The fourth-order valence-electron chi connectivity index (χ4n) is 3.44. The standard InChI is InChI=1S/C16H22FNO/c1-12-5-6-13(17)9-14(12)15-10-18-11-16(19-15)7-3-2-4-8-16/h5-6,9,15,18H,2-4,7-8,10-11H2,1H3. The first kappa shape index (κ1) is 13.1. The summed E-state index contributed by atoms with van der Waals surface area (Å²) < 4.78 is 19.9. The average Bonchev–Trinajstić information content (AvgIpc) is 2.42. The Morgan fingerprint density at radius 1 is 1.26 bits per heavy atom. The topological polar surface area (TPSA) is 21.3 Å². The molecule has 0 radical (unpaired) electrons. The van der Waals surface area contributed by atoms with E-state index < -0.39 is 0 Å². The summed E-state index contributed by atoms with van der Waals surface area (Å²) in [6.07, 6.45) is 6.06. The number of aryl methyl sites for hydroxylation is 1. The Kier molecular flexibility index (Phi) is 3.59. The Morgan fingerprint density at radius 3 is 2.84 bits per heavy atom. The van der Waals surface area contributed by atoms with Gasteiger partial charge in [-0.05, 0) is 43.0 Å². The number of halogens is 1. The molecule has 1 saturated carbocycles. The van der Waals surface area contributed by atoms with E-state index in [4.69, 9.17) is 4.74 Å². The number of benzene rings is 1. The summed E-state index contributed by atoms with van der Waals surface area (Å²) in [7, 11) is 0. The van der Waals surface area contributed by atoms with Crippen molar-refractivity contribution in [3.8, 4) is 0 Å². The molecule has 1 unspecified atom stereocenters. The molecule has 1 spiro atoms. The molecule has 1 aliphatic heterocycles. The van der Waals surface area contributed by atoms with Gasteiger partial charge < -0.3 is 10.1 Å². The van der Waals surface area contributed by atoms with Crippen molar-refractivity contribution in [3.05, 3.63) is 35.1 Å². The lowest BCUT2D eigenvalue weighted by molar-refractivity contribution is -0.136. The molecule has 0 bridgehead atoms. The van der Waals surface area contributed by atoms with Crippen LogP contribution in [0.4, 0.5) is 4.39 Å². The molecule has 1 heterocycles. The quantitative estimate of drug-likeness (QED) is 0.837. The van der Waals surface area contributed by atoms with Crippen LogP contribution in [0.3, 0.4) is 0 Å². The van der Waals surface area contributed by atoms with Crippen molar-refractivity contribution >= 4 is 0 Å². The molecule has 104 valence electrons. The highest BCUT2D eigenvalue weighted by Gasteiger charge is 2.38. The van der Waals surface area contributed by atoms with E-state index in [2.05, 4.69) is 5.32 Å². The summed E-state index contributed by atoms with van der Waals surface area (Å²) in [6.45, 7) is 3.75. The molecular weight excluding hydrogens is 241 g/mol. The Labute approximate surface area is 114 Å². The van der Waals surface area contributed by atoms with Crippen molar-refractivity contribution < 1.29 is 9.13 Å². The number of hydrogen-bond donors (Lipinski definition) is 1. The molecule has 1 aromatic carbocycles. The molecule has 1 aliphatic carbocycles. The fourth-order valence-corrected chi connectivity index (χ4v) is 3.44. The van der Waals surface area contributed by atoms with Crippen LogP contribution in [0.2, 0.25) is 0 Å². The summed E-state index contributed by atoms with van der Waals surface area (Å²) in [5.41, 5.74) is 2.10. The van der Waals surface area contributed by atoms with Gasteiger partial charge in [0.15, 0.2) is 0 Å². The fraction of sp³-hybridized carbons (Fsp3) is 0.625. The van der Waals surface area contributed by atoms with Gasteiger partial charge in [-0.1, -0.05) is 25.3 Å². The minimum atomic E-state index is -0.174. The van der Waals surface area contributed by atoms with Gasteiger partial charge >= 0.3 is 0 Å². The molecule has 19 heavy (non-hydrogen) atoms. The van der Waals surface area contributed by atoms with Gasteiger partial charge in [0, 0.05) is 13.1 Å². The van der Waals surface area contributed by atoms with E-state index in [-0.39, 0.29) is 17.5 Å². The molecule has 0 amide bonds. The van der Waals surface area contributed by atoms with Gasteiger partial charge in [-0.15, -0.1) is 0 Å². The first-order valence-corrected chi connectivity index (χ1v) is 7.33. The third-order valence-corrected chi connectivity index (χ3v) is 4.52. The molecule has 2 fully saturated rings. The van der Waals surface area contributed by atoms with Gasteiger partial charge in [0.25, 0.3) is 0 Å². The maximum Gasteiger partial charge on any atom is 0.123 e. The van der Waals surface area contributed by atoms with Crippen LogP contribution in [0.25, 0.3) is 0 Å². The van der Waals surface area contributed by atoms with E-state index in [9.17, 15) is 4.39 Å². The molecule has 1 aromatic rings. The number of ether oxygens (including phenoxy) is 1. The average molecular weight is 263 g/mol. The van der Waals surface area contributed by atoms with Gasteiger partial charge in [-0.2, -0.15) is 0 Å². The second-order valence-corrected chi connectivity index (χ2v) is 5.98. The van der Waals surface area contributed by atoms with E-state index in [0.717, 1.165) is 37.1 Å². The summed E-state index contributed by atoms with van der Waals surface area (Å²) >= 11 is 0. The second kappa shape index (κ2) is 5.22. The molecule has 1 N–H and O–H groups in total. The second-order valence-electron chi connectivity index (χ2n) is 5.98. The minimum absolute atomic E-state index is 0.0115. The van der Waals surface area contributed by atoms with Gasteiger partial charge in [0.1, 0.15) is 5.82 Å². The van der Waals surface area contributed by atoms with Gasteiger partial charge in [0.2, 0.25) is 0 Å². The van der Waals surface area contributed by atoms with Crippen molar-refractivity contribution in [2.75, 3.05) is 13.1 Å². The number of rotatable bonds is 1. The van der Waals surface area contributed by atoms with Gasteiger partial charge in [-0.25, -0.2) is 4.39 Å². The molecule has 0 aromatic heterocycles. The predicted molar refractivity (Wildman–Crippen MR) is 73.6 cm³/mol. The lowest BCUT2D eigenvalue weighted by Crippen LogP contribution is -2.51. The van der Waals surface area contributed by atoms with E-state index >= 15 is 0 Å². The molecule has 1 saturated heterocycles. The molecule has 2 nitrogen and oxygen atoms in total. The lowest BCUT2D eigenvalue weighted by atomic mass is 9.83. The van der Waals surface area contributed by atoms with Crippen molar-refractivity contribution in [2.45, 2.75) is 50.7 Å². The van der Waals surface area contributed by atoms with Crippen LogP contribution in [0.5, 0.6) is 0 Å². The minimum Gasteiger partial charge on any atom is -0.364 e.